The zero-order valence-electron chi connectivity index (χ0n) is 11.1. The highest BCUT2D eigenvalue weighted by atomic mass is 15.3. The number of hydrogen-bond acceptors (Lipinski definition) is 4. The van der Waals surface area contributed by atoms with E-state index in [4.69, 9.17) is 0 Å². The molecule has 4 aromatic rings. The molecular formula is C14H12N6. The lowest BCUT2D eigenvalue weighted by Crippen LogP contribution is -1.99. The van der Waals surface area contributed by atoms with Crippen molar-refractivity contribution in [3.05, 3.63) is 48.2 Å². The Balaban J connectivity index is 2.05. The largest absolute Gasteiger partial charge is 0.269 e. The van der Waals surface area contributed by atoms with Gasteiger partial charge >= 0.3 is 0 Å². The molecule has 0 aliphatic heterocycles. The van der Waals surface area contributed by atoms with Crippen LogP contribution in [0.25, 0.3) is 22.4 Å². The lowest BCUT2D eigenvalue weighted by Gasteiger charge is -2.04. The zero-order chi connectivity index (χ0) is 13.7. The van der Waals surface area contributed by atoms with E-state index < -0.39 is 0 Å². The van der Waals surface area contributed by atoms with Gasteiger partial charge < -0.3 is 0 Å². The Morgan fingerprint density at radius 1 is 1.05 bits per heavy atom. The van der Waals surface area contributed by atoms with Crippen molar-refractivity contribution >= 4 is 16.7 Å². The Morgan fingerprint density at radius 3 is 2.80 bits per heavy atom. The molecule has 0 aliphatic rings. The summed E-state index contributed by atoms with van der Waals surface area (Å²) in [7, 11) is 0. The number of hydrogen-bond donors (Lipinski definition) is 0. The predicted molar refractivity (Wildman–Crippen MR) is 74.9 cm³/mol. The molecule has 6 heteroatoms. The van der Waals surface area contributed by atoms with Crippen molar-refractivity contribution in [1.29, 1.82) is 0 Å². The molecular weight excluding hydrogens is 252 g/mol. The first-order valence-electron chi connectivity index (χ1n) is 6.35. The van der Waals surface area contributed by atoms with Gasteiger partial charge in [-0.3, -0.25) is 4.40 Å². The van der Waals surface area contributed by atoms with Gasteiger partial charge in [0.25, 0.3) is 0 Å². The fraction of sp³-hybridized carbons (Fsp3) is 0.143. The van der Waals surface area contributed by atoms with Crippen LogP contribution < -0.4 is 0 Å². The third-order valence-corrected chi connectivity index (χ3v) is 3.39. The molecule has 6 nitrogen and oxygen atoms in total. The van der Waals surface area contributed by atoms with Gasteiger partial charge in [0.2, 0.25) is 0 Å². The van der Waals surface area contributed by atoms with Crippen LogP contribution in [-0.4, -0.2) is 29.4 Å². The van der Waals surface area contributed by atoms with Crippen molar-refractivity contribution in [3.63, 3.8) is 0 Å². The van der Waals surface area contributed by atoms with E-state index in [9.17, 15) is 0 Å². The Hall–Kier alpha value is -2.76. The molecule has 0 atom stereocenters. The number of nitrogens with zero attached hydrogens (tertiary/aromatic N) is 6. The quantitative estimate of drug-likeness (QED) is 0.528. The fourth-order valence-electron chi connectivity index (χ4n) is 2.38. The van der Waals surface area contributed by atoms with E-state index in [1.54, 1.807) is 12.5 Å². The molecule has 1 aromatic carbocycles. The summed E-state index contributed by atoms with van der Waals surface area (Å²) < 4.78 is 3.69. The first kappa shape index (κ1) is 11.1. The van der Waals surface area contributed by atoms with Crippen LogP contribution in [-0.2, 0) is 0 Å². The Bertz CT molecular complexity index is 933. The molecule has 0 unspecified atom stereocenters. The van der Waals surface area contributed by atoms with E-state index >= 15 is 0 Å². The van der Waals surface area contributed by atoms with Gasteiger partial charge in [0.15, 0.2) is 11.3 Å². The van der Waals surface area contributed by atoms with E-state index in [0.29, 0.717) is 0 Å². The van der Waals surface area contributed by atoms with Crippen LogP contribution in [0, 0.1) is 13.8 Å². The normalized spacial score (nSPS) is 11.5. The maximum atomic E-state index is 4.49. The highest BCUT2D eigenvalue weighted by Gasteiger charge is 2.12. The predicted octanol–water partition coefficient (Wildman–Crippen LogP) is 2.08. The van der Waals surface area contributed by atoms with Crippen molar-refractivity contribution in [2.75, 3.05) is 0 Å². The first-order valence-corrected chi connectivity index (χ1v) is 6.35. The highest BCUT2D eigenvalue weighted by molar-refractivity contribution is 5.89. The SMILES string of the molecule is Cc1cccc(-n2ncc3c2ncn2c(C)nnc32)c1. The first-order chi connectivity index (χ1) is 9.74. The molecule has 0 bridgehead atoms. The number of aryl methyl sites for hydroxylation is 2. The summed E-state index contributed by atoms with van der Waals surface area (Å²) in [6.07, 6.45) is 3.52. The van der Waals surface area contributed by atoms with Gasteiger partial charge in [-0.2, -0.15) is 5.10 Å². The molecule has 0 N–H and O–H groups in total. The molecule has 98 valence electrons. The molecule has 0 radical (unpaired) electrons. The number of rotatable bonds is 1. The molecule has 3 aromatic heterocycles. The third kappa shape index (κ3) is 1.45. The minimum Gasteiger partial charge on any atom is -0.269 e. The van der Waals surface area contributed by atoms with Crippen molar-refractivity contribution in [2.24, 2.45) is 0 Å². The maximum absolute atomic E-state index is 4.49. The van der Waals surface area contributed by atoms with Gasteiger partial charge in [-0.1, -0.05) is 12.1 Å². The van der Waals surface area contributed by atoms with E-state index in [2.05, 4.69) is 39.3 Å². The molecule has 0 saturated heterocycles. The standard InChI is InChI=1S/C14H12N6/c1-9-4-3-5-11(6-9)20-13-12(7-16-20)14-18-17-10(2)19(14)8-15-13/h3-8H,1-2H3. The van der Waals surface area contributed by atoms with Crippen LogP contribution in [0.1, 0.15) is 11.4 Å². The van der Waals surface area contributed by atoms with Gasteiger partial charge in [-0.25, -0.2) is 9.67 Å². The van der Waals surface area contributed by atoms with Crippen LogP contribution in [0.5, 0.6) is 0 Å². The molecule has 0 spiro atoms. The second kappa shape index (κ2) is 3.86. The summed E-state index contributed by atoms with van der Waals surface area (Å²) in [6, 6.07) is 8.16. The Kier molecular flexibility index (Phi) is 2.14. The molecule has 0 amide bonds. The smallest absolute Gasteiger partial charge is 0.174 e. The number of aromatic nitrogens is 6. The molecule has 0 fully saturated rings. The van der Waals surface area contributed by atoms with Crippen LogP contribution in [0.2, 0.25) is 0 Å². The molecule has 0 saturated carbocycles. The summed E-state index contributed by atoms with van der Waals surface area (Å²) in [6.45, 7) is 3.96. The van der Waals surface area contributed by atoms with Gasteiger partial charge in [0.05, 0.1) is 17.3 Å². The van der Waals surface area contributed by atoms with E-state index in [1.165, 1.54) is 5.56 Å². The summed E-state index contributed by atoms with van der Waals surface area (Å²) in [5, 5.41) is 13.6. The highest BCUT2D eigenvalue weighted by Crippen LogP contribution is 2.20. The third-order valence-electron chi connectivity index (χ3n) is 3.39. The van der Waals surface area contributed by atoms with Crippen LogP contribution >= 0.6 is 0 Å². The second-order valence-electron chi connectivity index (χ2n) is 4.82. The Morgan fingerprint density at radius 2 is 1.95 bits per heavy atom. The average molecular weight is 264 g/mol. The average Bonchev–Trinajstić information content (AvgIpc) is 3.02. The summed E-state index contributed by atoms with van der Waals surface area (Å²) in [5.74, 6) is 0.817. The molecule has 20 heavy (non-hydrogen) atoms. The van der Waals surface area contributed by atoms with Crippen LogP contribution in [0.3, 0.4) is 0 Å². The molecule has 3 heterocycles. The van der Waals surface area contributed by atoms with Crippen LogP contribution in [0.15, 0.2) is 36.8 Å². The maximum Gasteiger partial charge on any atom is 0.174 e. The van der Waals surface area contributed by atoms with Crippen molar-refractivity contribution in [2.45, 2.75) is 13.8 Å². The second-order valence-corrected chi connectivity index (χ2v) is 4.82. The molecule has 0 aliphatic carbocycles. The van der Waals surface area contributed by atoms with E-state index in [1.807, 2.05) is 28.1 Å². The summed E-state index contributed by atoms with van der Waals surface area (Å²) in [4.78, 5) is 4.49. The van der Waals surface area contributed by atoms with Gasteiger partial charge in [-0.05, 0) is 31.5 Å². The van der Waals surface area contributed by atoms with Crippen molar-refractivity contribution in [3.8, 4) is 5.69 Å². The number of fused-ring (bicyclic) bond motifs is 3. The zero-order valence-corrected chi connectivity index (χ0v) is 11.1. The lowest BCUT2D eigenvalue weighted by atomic mass is 10.2. The lowest BCUT2D eigenvalue weighted by molar-refractivity contribution is 0.890. The van der Waals surface area contributed by atoms with Gasteiger partial charge in [0, 0.05) is 0 Å². The van der Waals surface area contributed by atoms with E-state index in [-0.39, 0.29) is 0 Å². The van der Waals surface area contributed by atoms with Gasteiger partial charge in [-0.15, -0.1) is 10.2 Å². The monoisotopic (exact) mass is 264 g/mol. The number of benzene rings is 1. The molecule has 4 rings (SSSR count). The minimum absolute atomic E-state index is 0.784. The fourth-order valence-corrected chi connectivity index (χ4v) is 2.38. The minimum atomic E-state index is 0.784. The van der Waals surface area contributed by atoms with Crippen LogP contribution in [0.4, 0.5) is 0 Å². The Labute approximate surface area is 114 Å². The summed E-state index contributed by atoms with van der Waals surface area (Å²) >= 11 is 0. The van der Waals surface area contributed by atoms with Crippen molar-refractivity contribution in [1.82, 2.24) is 29.4 Å². The van der Waals surface area contributed by atoms with E-state index in [0.717, 1.165) is 28.2 Å². The topological polar surface area (TPSA) is 60.9 Å². The van der Waals surface area contributed by atoms with Gasteiger partial charge in [0.1, 0.15) is 12.2 Å². The summed E-state index contributed by atoms with van der Waals surface area (Å²) in [5.41, 5.74) is 3.75. The van der Waals surface area contributed by atoms with Crippen molar-refractivity contribution < 1.29 is 0 Å².